The van der Waals surface area contributed by atoms with E-state index in [4.69, 9.17) is 14.6 Å². The number of ether oxygens (including phenoxy) is 2. The number of fused-ring (bicyclic) bond motifs is 3. The molecule has 2 aromatic carbocycles. The van der Waals surface area contributed by atoms with E-state index in [1.807, 2.05) is 28.9 Å². The third-order valence-corrected chi connectivity index (χ3v) is 8.62. The highest BCUT2D eigenvalue weighted by molar-refractivity contribution is 7.84. The molecule has 3 aliphatic rings. The summed E-state index contributed by atoms with van der Waals surface area (Å²) in [6.07, 6.45) is 0. The molecule has 8 nitrogen and oxygen atoms in total. The Morgan fingerprint density at radius 3 is 2.56 bits per heavy atom. The Morgan fingerprint density at radius 2 is 1.78 bits per heavy atom. The standard InChI is InChI=1S/C27H30N4O4S/c1-19-17-35-15-12-30(19)16-20-6-8-21(9-7-20)31-26-22-4-2-3-5-24(22)36(33)18-23(26)25(28-31)27(32)29-10-13-34-14-11-29/h2-9,19H,10-18H2,1H3. The van der Waals surface area contributed by atoms with Crippen molar-refractivity contribution in [3.8, 4) is 16.9 Å². The van der Waals surface area contributed by atoms with Gasteiger partial charge in [0.2, 0.25) is 0 Å². The molecule has 2 unspecified atom stereocenters. The molecule has 2 atom stereocenters. The Bertz CT molecular complexity index is 1300. The van der Waals surface area contributed by atoms with E-state index in [1.54, 1.807) is 4.90 Å². The largest absolute Gasteiger partial charge is 0.379 e. The highest BCUT2D eigenvalue weighted by Crippen LogP contribution is 2.39. The van der Waals surface area contributed by atoms with E-state index in [-0.39, 0.29) is 11.7 Å². The molecular weight excluding hydrogens is 476 g/mol. The fourth-order valence-electron chi connectivity index (χ4n) is 5.18. The SMILES string of the molecule is CC1COCCN1Cc1ccc(-n2nc(C(=O)N3CCOCC3)c3c2-c2ccccc2S(=O)C3)cc1. The first-order chi connectivity index (χ1) is 17.6. The van der Waals surface area contributed by atoms with Crippen LogP contribution in [0.1, 0.15) is 28.5 Å². The third-order valence-electron chi connectivity index (χ3n) is 7.22. The van der Waals surface area contributed by atoms with Crippen LogP contribution in [0.25, 0.3) is 16.9 Å². The van der Waals surface area contributed by atoms with E-state index in [0.717, 1.165) is 53.7 Å². The van der Waals surface area contributed by atoms with Crippen LogP contribution in [0, 0.1) is 0 Å². The van der Waals surface area contributed by atoms with Gasteiger partial charge in [-0.05, 0) is 30.7 Å². The summed E-state index contributed by atoms with van der Waals surface area (Å²) in [6.45, 7) is 7.63. The summed E-state index contributed by atoms with van der Waals surface area (Å²) in [4.78, 5) is 18.5. The van der Waals surface area contributed by atoms with Crippen molar-refractivity contribution in [2.75, 3.05) is 46.1 Å². The number of benzene rings is 2. The van der Waals surface area contributed by atoms with Crippen LogP contribution in [0.3, 0.4) is 0 Å². The van der Waals surface area contributed by atoms with Crippen molar-refractivity contribution in [2.24, 2.45) is 0 Å². The minimum Gasteiger partial charge on any atom is -0.379 e. The minimum atomic E-state index is -1.23. The molecule has 9 heteroatoms. The summed E-state index contributed by atoms with van der Waals surface area (Å²) < 4.78 is 26.0. The molecule has 3 aromatic rings. The zero-order chi connectivity index (χ0) is 24.6. The van der Waals surface area contributed by atoms with E-state index in [2.05, 4.69) is 36.1 Å². The zero-order valence-corrected chi connectivity index (χ0v) is 21.2. The molecule has 0 N–H and O–H groups in total. The number of hydrogen-bond donors (Lipinski definition) is 0. The van der Waals surface area contributed by atoms with E-state index in [0.29, 0.717) is 38.0 Å². The Kier molecular flexibility index (Phi) is 6.47. The number of nitrogens with zero attached hydrogens (tertiary/aromatic N) is 4. The molecule has 6 rings (SSSR count). The predicted molar refractivity (Wildman–Crippen MR) is 137 cm³/mol. The van der Waals surface area contributed by atoms with Crippen molar-refractivity contribution in [1.29, 1.82) is 0 Å². The quantitative estimate of drug-likeness (QED) is 0.542. The van der Waals surface area contributed by atoms with Crippen LogP contribution in [-0.2, 0) is 32.6 Å². The number of carbonyl (C=O) groups is 1. The minimum absolute atomic E-state index is 0.123. The summed E-state index contributed by atoms with van der Waals surface area (Å²) in [5.41, 5.74) is 4.98. The summed E-state index contributed by atoms with van der Waals surface area (Å²) in [5.74, 6) is 0.160. The van der Waals surface area contributed by atoms with Crippen molar-refractivity contribution >= 4 is 16.7 Å². The third kappa shape index (κ3) is 4.30. The molecule has 2 fully saturated rings. The van der Waals surface area contributed by atoms with Gasteiger partial charge in [-0.15, -0.1) is 0 Å². The van der Waals surface area contributed by atoms with Gasteiger partial charge in [0.25, 0.3) is 5.91 Å². The molecule has 0 saturated carbocycles. The molecule has 1 aromatic heterocycles. The van der Waals surface area contributed by atoms with Crippen molar-refractivity contribution in [3.63, 3.8) is 0 Å². The lowest BCUT2D eigenvalue weighted by molar-refractivity contribution is -0.00436. The summed E-state index contributed by atoms with van der Waals surface area (Å²) in [6, 6.07) is 16.5. The second-order valence-electron chi connectivity index (χ2n) is 9.54. The maximum Gasteiger partial charge on any atom is 0.274 e. The monoisotopic (exact) mass is 506 g/mol. The van der Waals surface area contributed by atoms with Crippen molar-refractivity contribution in [3.05, 3.63) is 65.4 Å². The van der Waals surface area contributed by atoms with E-state index >= 15 is 0 Å². The average molecular weight is 507 g/mol. The highest BCUT2D eigenvalue weighted by atomic mass is 32.2. The topological polar surface area (TPSA) is 76.9 Å². The molecule has 2 saturated heterocycles. The summed E-state index contributed by atoms with van der Waals surface area (Å²) in [5, 5.41) is 4.85. The molecule has 4 heterocycles. The van der Waals surface area contributed by atoms with Crippen LogP contribution < -0.4 is 0 Å². The fourth-order valence-corrected chi connectivity index (χ4v) is 6.51. The molecule has 188 valence electrons. The Hall–Kier alpha value is -2.85. The van der Waals surface area contributed by atoms with E-state index in [9.17, 15) is 9.00 Å². The van der Waals surface area contributed by atoms with Gasteiger partial charge >= 0.3 is 0 Å². The zero-order valence-electron chi connectivity index (χ0n) is 20.4. The van der Waals surface area contributed by atoms with Gasteiger partial charge in [0.15, 0.2) is 5.69 Å². The first-order valence-corrected chi connectivity index (χ1v) is 13.8. The molecular formula is C27H30N4O4S. The smallest absolute Gasteiger partial charge is 0.274 e. The van der Waals surface area contributed by atoms with Gasteiger partial charge in [0.1, 0.15) is 0 Å². The first-order valence-electron chi connectivity index (χ1n) is 12.5. The van der Waals surface area contributed by atoms with Gasteiger partial charge in [-0.2, -0.15) is 5.10 Å². The maximum atomic E-state index is 13.5. The average Bonchev–Trinajstić information content (AvgIpc) is 3.30. The molecule has 1 amide bonds. The lowest BCUT2D eigenvalue weighted by atomic mass is 10.0. The van der Waals surface area contributed by atoms with Crippen LogP contribution in [0.15, 0.2) is 53.4 Å². The molecule has 0 radical (unpaired) electrons. The molecule has 0 spiro atoms. The number of rotatable bonds is 4. The second-order valence-corrected chi connectivity index (χ2v) is 11.0. The highest BCUT2D eigenvalue weighted by Gasteiger charge is 2.34. The number of amides is 1. The van der Waals surface area contributed by atoms with Gasteiger partial charge in [-0.1, -0.05) is 30.3 Å². The number of carbonyl (C=O) groups excluding carboxylic acids is 1. The van der Waals surface area contributed by atoms with Crippen LogP contribution in [0.5, 0.6) is 0 Å². The van der Waals surface area contributed by atoms with Crippen molar-refractivity contribution in [2.45, 2.75) is 30.2 Å². The molecule has 0 bridgehead atoms. The van der Waals surface area contributed by atoms with Gasteiger partial charge in [0.05, 0.1) is 54.4 Å². The van der Waals surface area contributed by atoms with Gasteiger partial charge in [0, 0.05) is 48.2 Å². The lowest BCUT2D eigenvalue weighted by Crippen LogP contribution is -2.42. The van der Waals surface area contributed by atoms with Crippen molar-refractivity contribution in [1.82, 2.24) is 19.6 Å². The second kappa shape index (κ2) is 9.89. The Labute approximate surface area is 213 Å². The Morgan fingerprint density at radius 1 is 1.03 bits per heavy atom. The summed E-state index contributed by atoms with van der Waals surface area (Å²) >= 11 is 0. The normalized spacial score (nSPS) is 22.2. The number of morpholine rings is 2. The summed E-state index contributed by atoms with van der Waals surface area (Å²) in [7, 11) is -1.23. The fraction of sp³-hybridized carbons (Fsp3) is 0.407. The molecule has 0 aliphatic carbocycles. The van der Waals surface area contributed by atoms with Gasteiger partial charge < -0.3 is 14.4 Å². The molecule has 36 heavy (non-hydrogen) atoms. The number of hydrogen-bond acceptors (Lipinski definition) is 6. The van der Waals surface area contributed by atoms with Gasteiger partial charge in [-0.3, -0.25) is 13.9 Å². The van der Waals surface area contributed by atoms with Crippen LogP contribution in [-0.4, -0.2) is 81.8 Å². The van der Waals surface area contributed by atoms with Crippen LogP contribution in [0.4, 0.5) is 0 Å². The van der Waals surface area contributed by atoms with E-state index < -0.39 is 10.8 Å². The lowest BCUT2D eigenvalue weighted by Gasteiger charge is -2.33. The van der Waals surface area contributed by atoms with E-state index in [1.165, 1.54) is 5.56 Å². The van der Waals surface area contributed by atoms with Crippen LogP contribution >= 0.6 is 0 Å². The Balaban J connectivity index is 1.39. The first kappa shape index (κ1) is 23.5. The predicted octanol–water partition coefficient (Wildman–Crippen LogP) is 2.85. The number of aromatic nitrogens is 2. The van der Waals surface area contributed by atoms with Crippen molar-refractivity contribution < 1.29 is 18.5 Å². The van der Waals surface area contributed by atoms with Crippen LogP contribution in [0.2, 0.25) is 0 Å². The molecule has 3 aliphatic heterocycles. The van der Waals surface area contributed by atoms with Gasteiger partial charge in [-0.25, -0.2) is 4.68 Å². The maximum absolute atomic E-state index is 13.5.